The minimum Gasteiger partial charge on any atom is -0.447 e. The number of nitrogens with zero attached hydrogens (tertiary/aromatic N) is 1. The summed E-state index contributed by atoms with van der Waals surface area (Å²) in [5, 5.41) is 0. The van der Waals surface area contributed by atoms with Crippen molar-refractivity contribution in [3.63, 3.8) is 0 Å². The van der Waals surface area contributed by atoms with Crippen LogP contribution in [0.2, 0.25) is 0 Å². The largest absolute Gasteiger partial charge is 0.447 e. The lowest BCUT2D eigenvalue weighted by atomic mass is 9.87. The first kappa shape index (κ1) is 22.2. The molecule has 0 radical (unpaired) electrons. The van der Waals surface area contributed by atoms with Gasteiger partial charge in [-0.15, -0.1) is 0 Å². The third kappa shape index (κ3) is 5.68. The van der Waals surface area contributed by atoms with Crippen LogP contribution in [0.4, 0.5) is 4.79 Å². The fourth-order valence-corrected chi connectivity index (χ4v) is 3.24. The Bertz CT molecular complexity index is 670. The summed E-state index contributed by atoms with van der Waals surface area (Å²) in [4.78, 5) is 27.0. The van der Waals surface area contributed by atoms with Crippen molar-refractivity contribution in [1.29, 1.82) is 0 Å². The van der Waals surface area contributed by atoms with E-state index in [0.717, 1.165) is 24.8 Å². The number of cyclic esters (lactones) is 1. The van der Waals surface area contributed by atoms with Gasteiger partial charge < -0.3 is 9.47 Å². The maximum atomic E-state index is 13.4. The van der Waals surface area contributed by atoms with E-state index in [-0.39, 0.29) is 31.1 Å². The van der Waals surface area contributed by atoms with Crippen molar-refractivity contribution in [2.45, 2.75) is 59.6 Å². The molecule has 0 spiro atoms. The highest BCUT2D eigenvalue weighted by Gasteiger charge is 2.46. The van der Waals surface area contributed by atoms with E-state index in [1.165, 1.54) is 4.90 Å². The van der Waals surface area contributed by atoms with Crippen molar-refractivity contribution in [3.8, 4) is 0 Å². The van der Waals surface area contributed by atoms with Crippen LogP contribution in [0.25, 0.3) is 0 Å². The fraction of sp³-hybridized carbons (Fsp3) is 0.565. The number of rotatable bonds is 10. The van der Waals surface area contributed by atoms with E-state index in [1.54, 1.807) is 0 Å². The lowest BCUT2D eigenvalue weighted by molar-refractivity contribution is -0.140. The van der Waals surface area contributed by atoms with Crippen LogP contribution in [-0.2, 0) is 20.9 Å². The van der Waals surface area contributed by atoms with E-state index in [1.807, 2.05) is 63.3 Å². The number of carbonyl (C=O) groups excluding carboxylic acids is 2. The zero-order valence-corrected chi connectivity index (χ0v) is 17.5. The SMILES string of the molecule is CCCC/C=C/[C@](C)(COCc1ccccc1)C(=O)N1C(=O)OC[C@@H]1C(C)C. The van der Waals surface area contributed by atoms with Crippen molar-refractivity contribution < 1.29 is 19.1 Å². The molecule has 0 saturated carbocycles. The Balaban J connectivity index is 2.15. The molecule has 0 N–H and O–H groups in total. The first-order valence-electron chi connectivity index (χ1n) is 10.2. The normalized spacial score (nSPS) is 19.2. The summed E-state index contributed by atoms with van der Waals surface area (Å²) in [6.45, 7) is 8.84. The molecule has 2 amide bonds. The third-order valence-corrected chi connectivity index (χ3v) is 5.11. The Hall–Kier alpha value is -2.14. The lowest BCUT2D eigenvalue weighted by Crippen LogP contribution is -2.49. The maximum Gasteiger partial charge on any atom is 0.417 e. The molecule has 1 heterocycles. The Kier molecular flexibility index (Phi) is 8.24. The van der Waals surface area contributed by atoms with Gasteiger partial charge in [-0.25, -0.2) is 9.69 Å². The molecule has 0 aromatic heterocycles. The molecule has 5 nitrogen and oxygen atoms in total. The summed E-state index contributed by atoms with van der Waals surface area (Å²) in [5.41, 5.74) is 0.131. The summed E-state index contributed by atoms with van der Waals surface area (Å²) in [5.74, 6) is -0.122. The lowest BCUT2D eigenvalue weighted by Gasteiger charge is -2.32. The molecule has 0 bridgehead atoms. The second-order valence-electron chi connectivity index (χ2n) is 8.00. The highest BCUT2D eigenvalue weighted by atomic mass is 16.6. The highest BCUT2D eigenvalue weighted by Crippen LogP contribution is 2.30. The number of imide groups is 1. The molecule has 1 aliphatic rings. The van der Waals surface area contributed by atoms with Gasteiger partial charge in [-0.05, 0) is 24.8 Å². The Morgan fingerprint density at radius 2 is 2.07 bits per heavy atom. The number of ether oxygens (including phenoxy) is 2. The summed E-state index contributed by atoms with van der Waals surface area (Å²) in [6.07, 6.45) is 6.42. The van der Waals surface area contributed by atoms with Gasteiger partial charge in [0.25, 0.3) is 0 Å². The monoisotopic (exact) mass is 387 g/mol. The molecular weight excluding hydrogens is 354 g/mol. The van der Waals surface area contributed by atoms with Gasteiger partial charge in [0, 0.05) is 0 Å². The molecule has 2 rings (SSSR count). The van der Waals surface area contributed by atoms with Gasteiger partial charge in [-0.3, -0.25) is 4.79 Å². The van der Waals surface area contributed by atoms with Gasteiger partial charge in [-0.2, -0.15) is 0 Å². The summed E-state index contributed by atoms with van der Waals surface area (Å²) >= 11 is 0. The topological polar surface area (TPSA) is 55.8 Å². The van der Waals surface area contributed by atoms with Crippen LogP contribution in [0.5, 0.6) is 0 Å². The van der Waals surface area contributed by atoms with Gasteiger partial charge in [0.2, 0.25) is 5.91 Å². The van der Waals surface area contributed by atoms with Crippen LogP contribution in [-0.4, -0.2) is 36.2 Å². The number of unbranched alkanes of at least 4 members (excludes halogenated alkanes) is 2. The van der Waals surface area contributed by atoms with E-state index in [0.29, 0.717) is 6.61 Å². The van der Waals surface area contributed by atoms with Crippen LogP contribution in [0.1, 0.15) is 52.5 Å². The van der Waals surface area contributed by atoms with E-state index in [9.17, 15) is 9.59 Å². The molecule has 2 atom stereocenters. The van der Waals surface area contributed by atoms with E-state index >= 15 is 0 Å². The van der Waals surface area contributed by atoms with Crippen molar-refractivity contribution in [3.05, 3.63) is 48.0 Å². The van der Waals surface area contributed by atoms with Gasteiger partial charge >= 0.3 is 6.09 Å². The number of hydrogen-bond donors (Lipinski definition) is 0. The minimum absolute atomic E-state index is 0.133. The molecule has 28 heavy (non-hydrogen) atoms. The smallest absolute Gasteiger partial charge is 0.417 e. The average molecular weight is 388 g/mol. The predicted molar refractivity (Wildman–Crippen MR) is 110 cm³/mol. The Morgan fingerprint density at radius 3 is 2.71 bits per heavy atom. The molecular formula is C23H33NO4. The Labute approximate surface area is 168 Å². The summed E-state index contributed by atoms with van der Waals surface area (Å²) in [6, 6.07) is 9.62. The highest BCUT2D eigenvalue weighted by molar-refractivity contribution is 5.97. The zero-order valence-electron chi connectivity index (χ0n) is 17.5. The van der Waals surface area contributed by atoms with Crippen molar-refractivity contribution in [2.75, 3.05) is 13.2 Å². The number of carbonyl (C=O) groups is 2. The van der Waals surface area contributed by atoms with Crippen LogP contribution >= 0.6 is 0 Å². The van der Waals surface area contributed by atoms with Crippen LogP contribution in [0.15, 0.2) is 42.5 Å². The molecule has 1 aliphatic heterocycles. The summed E-state index contributed by atoms with van der Waals surface area (Å²) < 4.78 is 11.1. The van der Waals surface area contributed by atoms with Crippen molar-refractivity contribution >= 4 is 12.0 Å². The average Bonchev–Trinajstić information content (AvgIpc) is 3.07. The first-order chi connectivity index (χ1) is 13.4. The molecule has 5 heteroatoms. The minimum atomic E-state index is -0.918. The van der Waals surface area contributed by atoms with Gasteiger partial charge in [0.1, 0.15) is 6.61 Å². The molecule has 1 saturated heterocycles. The van der Waals surface area contributed by atoms with E-state index < -0.39 is 11.5 Å². The van der Waals surface area contributed by atoms with Crippen molar-refractivity contribution in [1.82, 2.24) is 4.90 Å². The van der Waals surface area contributed by atoms with Crippen LogP contribution < -0.4 is 0 Å². The predicted octanol–water partition coefficient (Wildman–Crippen LogP) is 4.96. The van der Waals surface area contributed by atoms with Gasteiger partial charge in [0.05, 0.1) is 24.7 Å². The molecule has 154 valence electrons. The van der Waals surface area contributed by atoms with Crippen molar-refractivity contribution in [2.24, 2.45) is 11.3 Å². The van der Waals surface area contributed by atoms with E-state index in [4.69, 9.17) is 9.47 Å². The zero-order chi connectivity index (χ0) is 20.6. The second kappa shape index (κ2) is 10.4. The van der Waals surface area contributed by atoms with Crippen LogP contribution in [0.3, 0.4) is 0 Å². The second-order valence-corrected chi connectivity index (χ2v) is 8.00. The Morgan fingerprint density at radius 1 is 1.36 bits per heavy atom. The molecule has 1 fully saturated rings. The standard InChI is InChI=1S/C23H33NO4/c1-5-6-7-11-14-23(4,17-27-15-19-12-9-8-10-13-19)21(25)24-20(18(2)3)16-28-22(24)26/h8-14,18,20H,5-7,15-17H2,1-4H3/b14-11+/t20-,23-/m1/s1. The maximum absolute atomic E-state index is 13.4. The van der Waals surface area contributed by atoms with Crippen LogP contribution in [0, 0.1) is 11.3 Å². The third-order valence-electron chi connectivity index (χ3n) is 5.11. The van der Waals surface area contributed by atoms with Gasteiger partial charge in [-0.1, -0.05) is 76.1 Å². The molecule has 1 aromatic rings. The number of hydrogen-bond acceptors (Lipinski definition) is 4. The van der Waals surface area contributed by atoms with Gasteiger partial charge in [0.15, 0.2) is 0 Å². The quantitative estimate of drug-likeness (QED) is 0.421. The van der Waals surface area contributed by atoms with E-state index in [2.05, 4.69) is 6.92 Å². The number of allylic oxidation sites excluding steroid dienone is 1. The number of amides is 2. The first-order valence-corrected chi connectivity index (χ1v) is 10.2. The fourth-order valence-electron chi connectivity index (χ4n) is 3.24. The molecule has 0 unspecified atom stereocenters. The molecule has 0 aliphatic carbocycles. The molecule has 1 aromatic carbocycles. The number of benzene rings is 1. The summed E-state index contributed by atoms with van der Waals surface area (Å²) in [7, 11) is 0.